The van der Waals surface area contributed by atoms with E-state index in [0.717, 1.165) is 12.1 Å². The van der Waals surface area contributed by atoms with Gasteiger partial charge in [0.1, 0.15) is 0 Å². The van der Waals surface area contributed by atoms with Crippen LogP contribution in [0.25, 0.3) is 0 Å². The van der Waals surface area contributed by atoms with Crippen LogP contribution in [0.3, 0.4) is 0 Å². The minimum absolute atomic E-state index is 0.0876. The Labute approximate surface area is 122 Å². The van der Waals surface area contributed by atoms with Gasteiger partial charge >= 0.3 is 0 Å². The van der Waals surface area contributed by atoms with Crippen molar-refractivity contribution in [3.05, 3.63) is 33.6 Å². The van der Waals surface area contributed by atoms with E-state index in [1.807, 2.05) is 6.07 Å². The van der Waals surface area contributed by atoms with E-state index < -0.39 is 0 Å². The van der Waals surface area contributed by atoms with Crippen molar-refractivity contribution in [3.63, 3.8) is 0 Å². The summed E-state index contributed by atoms with van der Waals surface area (Å²) in [7, 11) is 0. The van der Waals surface area contributed by atoms with Crippen LogP contribution in [-0.2, 0) is 4.79 Å². The molecule has 1 fully saturated rings. The van der Waals surface area contributed by atoms with Gasteiger partial charge in [0.05, 0.1) is 0 Å². The van der Waals surface area contributed by atoms with Gasteiger partial charge in [-0.25, -0.2) is 0 Å². The largest absolute Gasteiger partial charge is 0.309 e. The van der Waals surface area contributed by atoms with Gasteiger partial charge in [0, 0.05) is 28.5 Å². The fourth-order valence-corrected chi connectivity index (χ4v) is 3.56. The van der Waals surface area contributed by atoms with Crippen molar-refractivity contribution < 1.29 is 4.79 Å². The van der Waals surface area contributed by atoms with Gasteiger partial charge in [-0.15, -0.1) is 11.3 Å². The second-order valence-electron chi connectivity index (χ2n) is 5.77. The van der Waals surface area contributed by atoms with E-state index in [1.54, 1.807) is 11.3 Å². The molecule has 1 aliphatic carbocycles. The Bertz CT molecular complexity index is 629. The number of aromatic nitrogens is 2. The summed E-state index contributed by atoms with van der Waals surface area (Å²) in [6.07, 6.45) is 0.953. The van der Waals surface area contributed by atoms with E-state index >= 15 is 0 Å². The minimum Gasteiger partial charge on any atom is -0.309 e. The number of hydrogen-bond acceptors (Lipinski definition) is 3. The second kappa shape index (κ2) is 5.05. The molecule has 5 heteroatoms. The molecule has 4 nitrogen and oxygen atoms in total. The Balaban J connectivity index is 1.62. The number of carbonyl (C=O) groups excluding carboxylic acids is 1. The lowest BCUT2D eigenvalue weighted by molar-refractivity contribution is -0.117. The Morgan fingerprint density at radius 3 is 2.95 bits per heavy atom. The van der Waals surface area contributed by atoms with Crippen LogP contribution in [0.15, 0.2) is 17.5 Å². The van der Waals surface area contributed by atoms with Gasteiger partial charge in [0.15, 0.2) is 5.82 Å². The van der Waals surface area contributed by atoms with Crippen molar-refractivity contribution in [2.45, 2.75) is 39.0 Å². The molecule has 106 valence electrons. The van der Waals surface area contributed by atoms with Crippen LogP contribution >= 0.6 is 11.3 Å². The Morgan fingerprint density at radius 1 is 1.55 bits per heavy atom. The Kier molecular flexibility index (Phi) is 3.38. The highest BCUT2D eigenvalue weighted by atomic mass is 32.1. The number of thiophene rings is 1. The molecular weight excluding hydrogens is 270 g/mol. The van der Waals surface area contributed by atoms with Crippen LogP contribution in [0.2, 0.25) is 0 Å². The third-order valence-corrected chi connectivity index (χ3v) is 4.99. The quantitative estimate of drug-likeness (QED) is 0.902. The van der Waals surface area contributed by atoms with Crippen LogP contribution in [-0.4, -0.2) is 16.1 Å². The number of carbonyl (C=O) groups is 1. The molecule has 0 radical (unpaired) electrons. The lowest BCUT2D eigenvalue weighted by Crippen LogP contribution is -2.14. The summed E-state index contributed by atoms with van der Waals surface area (Å²) >= 11 is 1.75. The maximum Gasteiger partial charge on any atom is 0.229 e. The Hall–Kier alpha value is -1.62. The van der Waals surface area contributed by atoms with Crippen molar-refractivity contribution in [1.29, 1.82) is 0 Å². The molecule has 0 saturated heterocycles. The van der Waals surface area contributed by atoms with Gasteiger partial charge in [-0.1, -0.05) is 13.8 Å². The maximum atomic E-state index is 12.2. The first-order chi connectivity index (χ1) is 9.56. The van der Waals surface area contributed by atoms with Gasteiger partial charge in [-0.05, 0) is 36.3 Å². The lowest BCUT2D eigenvalue weighted by Gasteiger charge is -2.01. The first-order valence-corrected chi connectivity index (χ1v) is 7.84. The van der Waals surface area contributed by atoms with Gasteiger partial charge in [0.25, 0.3) is 0 Å². The molecule has 2 atom stereocenters. The molecular formula is C15H19N3OS. The zero-order chi connectivity index (χ0) is 14.3. The van der Waals surface area contributed by atoms with Gasteiger partial charge < -0.3 is 5.32 Å². The van der Waals surface area contributed by atoms with Gasteiger partial charge in [-0.2, -0.15) is 5.10 Å². The number of hydrogen-bond donors (Lipinski definition) is 2. The van der Waals surface area contributed by atoms with E-state index in [-0.39, 0.29) is 11.8 Å². The summed E-state index contributed by atoms with van der Waals surface area (Å²) in [6, 6.07) is 4.03. The van der Waals surface area contributed by atoms with Crippen molar-refractivity contribution >= 4 is 23.1 Å². The molecule has 3 rings (SSSR count). The first kappa shape index (κ1) is 13.4. The smallest absolute Gasteiger partial charge is 0.229 e. The molecule has 0 spiro atoms. The fraction of sp³-hybridized carbons (Fsp3) is 0.467. The number of aryl methyl sites for hydroxylation is 1. The summed E-state index contributed by atoms with van der Waals surface area (Å²) < 4.78 is 0. The highest BCUT2D eigenvalue weighted by molar-refractivity contribution is 7.10. The van der Waals surface area contributed by atoms with E-state index in [2.05, 4.69) is 47.7 Å². The molecule has 0 bridgehead atoms. The lowest BCUT2D eigenvalue weighted by atomic mass is 10.1. The zero-order valence-electron chi connectivity index (χ0n) is 11.9. The van der Waals surface area contributed by atoms with E-state index in [4.69, 9.17) is 0 Å². The molecule has 0 aliphatic heterocycles. The van der Waals surface area contributed by atoms with Crippen LogP contribution in [0, 0.1) is 12.8 Å². The summed E-state index contributed by atoms with van der Waals surface area (Å²) in [5, 5.41) is 12.1. The van der Waals surface area contributed by atoms with Gasteiger partial charge in [-0.3, -0.25) is 9.89 Å². The number of amides is 1. The third kappa shape index (κ3) is 2.50. The van der Waals surface area contributed by atoms with Crippen molar-refractivity contribution in [2.75, 3.05) is 5.32 Å². The number of H-pyrrole nitrogens is 1. The van der Waals surface area contributed by atoms with Crippen molar-refractivity contribution in [2.24, 2.45) is 5.92 Å². The maximum absolute atomic E-state index is 12.2. The van der Waals surface area contributed by atoms with Crippen LogP contribution in [0.1, 0.15) is 48.2 Å². The predicted molar refractivity (Wildman–Crippen MR) is 81.2 cm³/mol. The van der Waals surface area contributed by atoms with Crippen molar-refractivity contribution in [3.8, 4) is 0 Å². The molecule has 1 aliphatic rings. The molecule has 2 aromatic heterocycles. The third-order valence-electron chi connectivity index (χ3n) is 3.84. The number of aromatic amines is 1. The fourth-order valence-electron chi connectivity index (χ4n) is 2.45. The van der Waals surface area contributed by atoms with E-state index in [0.29, 0.717) is 17.7 Å². The topological polar surface area (TPSA) is 57.8 Å². The van der Waals surface area contributed by atoms with Crippen molar-refractivity contribution in [1.82, 2.24) is 10.2 Å². The zero-order valence-corrected chi connectivity index (χ0v) is 12.8. The second-order valence-corrected chi connectivity index (χ2v) is 6.72. The Morgan fingerprint density at radius 2 is 2.35 bits per heavy atom. The summed E-state index contributed by atoms with van der Waals surface area (Å²) in [5.41, 5.74) is 2.35. The number of rotatable bonds is 4. The van der Waals surface area contributed by atoms with E-state index in [9.17, 15) is 4.79 Å². The summed E-state index contributed by atoms with van der Waals surface area (Å²) in [6.45, 7) is 6.30. The molecule has 0 aromatic carbocycles. The molecule has 1 amide bonds. The average molecular weight is 289 g/mol. The summed E-state index contributed by atoms with van der Waals surface area (Å²) in [4.78, 5) is 13.6. The molecule has 20 heavy (non-hydrogen) atoms. The summed E-state index contributed by atoms with van der Waals surface area (Å²) in [5.74, 6) is 1.61. The molecule has 1 saturated carbocycles. The number of nitrogens with one attached hydrogen (secondary N) is 2. The predicted octanol–water partition coefficient (Wildman–Crippen LogP) is 3.65. The molecule has 2 unspecified atom stereocenters. The highest BCUT2D eigenvalue weighted by Crippen LogP contribution is 2.50. The van der Waals surface area contributed by atoms with E-state index in [1.165, 1.54) is 10.4 Å². The van der Waals surface area contributed by atoms with Crippen LogP contribution < -0.4 is 5.32 Å². The normalized spacial score (nSPS) is 21.2. The number of anilines is 1. The first-order valence-electron chi connectivity index (χ1n) is 6.96. The molecule has 2 N–H and O–H groups in total. The van der Waals surface area contributed by atoms with Gasteiger partial charge in [0.2, 0.25) is 5.91 Å². The monoisotopic (exact) mass is 289 g/mol. The van der Waals surface area contributed by atoms with Crippen LogP contribution in [0.4, 0.5) is 5.82 Å². The minimum atomic E-state index is 0.0876. The SMILES string of the molecule is Cc1ccsc1C1CC1C(=O)Nc1cc(C(C)C)[nH]n1. The average Bonchev–Trinajstić information content (AvgIpc) is 2.84. The van der Waals surface area contributed by atoms with Crippen LogP contribution in [0.5, 0.6) is 0 Å². The molecule has 2 aromatic rings. The molecule has 2 heterocycles. The number of nitrogens with zero attached hydrogens (tertiary/aromatic N) is 1. The highest BCUT2D eigenvalue weighted by Gasteiger charge is 2.45. The standard InChI is InChI=1S/C15H19N3OS/c1-8(2)12-7-13(18-17-12)16-15(19)11-6-10(11)14-9(3)4-5-20-14/h4-5,7-8,10-11H,6H2,1-3H3,(H2,16,17,18,19).